The smallest absolute Gasteiger partial charge is 0.335 e. The fourth-order valence-corrected chi connectivity index (χ4v) is 3.88. The van der Waals surface area contributed by atoms with Gasteiger partial charge in [-0.3, -0.25) is 10.1 Å². The summed E-state index contributed by atoms with van der Waals surface area (Å²) in [5.74, 6) is -1.57. The minimum absolute atomic E-state index is 0.0242. The van der Waals surface area contributed by atoms with E-state index in [0.29, 0.717) is 5.56 Å². The highest BCUT2D eigenvalue weighted by Crippen LogP contribution is 2.32. The first-order valence-electron chi connectivity index (χ1n) is 7.80. The third-order valence-corrected chi connectivity index (χ3v) is 5.36. The molecule has 0 aliphatic heterocycles. The van der Waals surface area contributed by atoms with E-state index < -0.39 is 11.9 Å². The molecule has 0 aromatic heterocycles. The van der Waals surface area contributed by atoms with Gasteiger partial charge in [0.1, 0.15) is 0 Å². The molecular formula is C19H11BrCl2N2O3S. The number of thiocarbonyl (C=S) groups is 1. The lowest BCUT2D eigenvalue weighted by Crippen LogP contribution is -2.34. The van der Waals surface area contributed by atoms with Crippen molar-refractivity contribution in [2.75, 3.05) is 5.32 Å². The maximum Gasteiger partial charge on any atom is 0.335 e. The van der Waals surface area contributed by atoms with Crippen molar-refractivity contribution in [3.05, 3.63) is 74.2 Å². The Labute approximate surface area is 183 Å². The fraction of sp³-hybridized carbons (Fsp3) is 0. The van der Waals surface area contributed by atoms with Crippen LogP contribution in [0, 0.1) is 0 Å². The zero-order valence-electron chi connectivity index (χ0n) is 13.9. The molecule has 1 amide bonds. The number of nitrogens with one attached hydrogen (secondary N) is 2. The molecule has 9 heteroatoms. The molecule has 0 spiro atoms. The first-order valence-corrected chi connectivity index (χ1v) is 9.75. The number of aromatic carboxylic acids is 1. The number of carboxylic acids is 1. The number of carbonyl (C=O) groups is 2. The molecule has 28 heavy (non-hydrogen) atoms. The quantitative estimate of drug-likeness (QED) is 0.402. The van der Waals surface area contributed by atoms with E-state index >= 15 is 0 Å². The van der Waals surface area contributed by atoms with Crippen LogP contribution in [0.1, 0.15) is 20.7 Å². The number of hydrogen-bond acceptors (Lipinski definition) is 3. The van der Waals surface area contributed by atoms with E-state index in [4.69, 9.17) is 40.5 Å². The minimum atomic E-state index is -1.16. The standard InChI is InChI=1S/C19H11BrCl2N2O3S/c20-13-6-2-3-10-11(13)4-1-5-12(10)17(25)24-19(28)23-16-14(21)7-9(18(26)27)8-15(16)22/h1-8H,(H,26,27)(H2,23,24,25,28). The number of carbonyl (C=O) groups excluding carboxylic acids is 1. The van der Waals surface area contributed by atoms with Crippen LogP contribution >= 0.6 is 51.3 Å². The predicted molar refractivity (Wildman–Crippen MR) is 119 cm³/mol. The maximum atomic E-state index is 12.7. The first-order chi connectivity index (χ1) is 13.3. The zero-order chi connectivity index (χ0) is 20.4. The molecule has 0 saturated heterocycles. The van der Waals surface area contributed by atoms with Crippen molar-refractivity contribution in [1.29, 1.82) is 0 Å². The van der Waals surface area contributed by atoms with Crippen molar-refractivity contribution in [3.63, 3.8) is 0 Å². The average Bonchev–Trinajstić information content (AvgIpc) is 2.64. The molecule has 142 valence electrons. The number of hydrogen-bond donors (Lipinski definition) is 3. The van der Waals surface area contributed by atoms with Crippen molar-refractivity contribution < 1.29 is 14.7 Å². The van der Waals surface area contributed by atoms with Crippen LogP contribution < -0.4 is 10.6 Å². The molecule has 0 radical (unpaired) electrons. The Hall–Kier alpha value is -2.19. The maximum absolute atomic E-state index is 12.7. The Bertz CT molecular complexity index is 1110. The lowest BCUT2D eigenvalue weighted by atomic mass is 10.0. The second-order valence-electron chi connectivity index (χ2n) is 5.67. The highest BCUT2D eigenvalue weighted by atomic mass is 79.9. The topological polar surface area (TPSA) is 78.4 Å². The Morgan fingerprint density at radius 2 is 1.61 bits per heavy atom. The van der Waals surface area contributed by atoms with Gasteiger partial charge in [-0.2, -0.15) is 0 Å². The summed E-state index contributed by atoms with van der Waals surface area (Å²) in [5, 5.41) is 16.1. The summed E-state index contributed by atoms with van der Waals surface area (Å²) >= 11 is 20.8. The van der Waals surface area contributed by atoms with Crippen LogP contribution in [0.4, 0.5) is 5.69 Å². The molecule has 5 nitrogen and oxygen atoms in total. The molecule has 3 aromatic rings. The van der Waals surface area contributed by atoms with Gasteiger partial charge in [0.05, 0.1) is 21.3 Å². The molecule has 0 aliphatic rings. The normalized spacial score (nSPS) is 10.5. The molecule has 3 N–H and O–H groups in total. The van der Waals surface area contributed by atoms with Gasteiger partial charge in [-0.1, -0.05) is 63.4 Å². The van der Waals surface area contributed by atoms with Crippen LogP contribution in [0.25, 0.3) is 10.8 Å². The van der Waals surface area contributed by atoms with Gasteiger partial charge in [-0.15, -0.1) is 0 Å². The molecular weight excluding hydrogens is 487 g/mol. The second kappa shape index (κ2) is 8.45. The van der Waals surface area contributed by atoms with Crippen LogP contribution in [0.15, 0.2) is 53.0 Å². The van der Waals surface area contributed by atoms with Crippen LogP contribution in [0.5, 0.6) is 0 Å². The summed E-state index contributed by atoms with van der Waals surface area (Å²) in [5.41, 5.74) is 0.595. The second-order valence-corrected chi connectivity index (χ2v) is 7.75. The molecule has 0 bridgehead atoms. The number of halogens is 3. The highest BCUT2D eigenvalue weighted by Gasteiger charge is 2.16. The van der Waals surface area contributed by atoms with Gasteiger partial charge >= 0.3 is 5.97 Å². The van der Waals surface area contributed by atoms with Gasteiger partial charge in [0.25, 0.3) is 5.91 Å². The molecule has 0 aliphatic carbocycles. The summed E-state index contributed by atoms with van der Waals surface area (Å²) < 4.78 is 0.873. The summed E-state index contributed by atoms with van der Waals surface area (Å²) in [6.45, 7) is 0. The van der Waals surface area contributed by atoms with E-state index in [1.807, 2.05) is 24.3 Å². The van der Waals surface area contributed by atoms with Gasteiger partial charge in [-0.25, -0.2) is 4.79 Å². The lowest BCUT2D eigenvalue weighted by molar-refractivity contribution is 0.0696. The summed E-state index contributed by atoms with van der Waals surface area (Å²) in [6, 6.07) is 13.4. The van der Waals surface area contributed by atoms with Crippen LogP contribution in [-0.2, 0) is 0 Å². The first kappa shape index (κ1) is 20.5. The summed E-state index contributed by atoms with van der Waals surface area (Å²) in [6.07, 6.45) is 0. The van der Waals surface area contributed by atoms with Gasteiger partial charge in [0.2, 0.25) is 0 Å². The number of benzene rings is 3. The van der Waals surface area contributed by atoms with Crippen molar-refractivity contribution in [2.24, 2.45) is 0 Å². The fourth-order valence-electron chi connectivity index (χ4n) is 2.60. The van der Waals surface area contributed by atoms with Crippen LogP contribution in [-0.4, -0.2) is 22.1 Å². The number of rotatable bonds is 3. The molecule has 0 fully saturated rings. The third-order valence-electron chi connectivity index (χ3n) is 3.87. The molecule has 3 aromatic carbocycles. The molecule has 0 atom stereocenters. The number of fused-ring (bicyclic) bond motifs is 1. The minimum Gasteiger partial charge on any atom is -0.478 e. The zero-order valence-corrected chi connectivity index (χ0v) is 17.8. The molecule has 0 saturated carbocycles. The van der Waals surface area contributed by atoms with E-state index in [0.717, 1.165) is 15.2 Å². The molecule has 3 rings (SSSR count). The van der Waals surface area contributed by atoms with Gasteiger partial charge < -0.3 is 10.4 Å². The van der Waals surface area contributed by atoms with E-state index in [1.54, 1.807) is 12.1 Å². The summed E-state index contributed by atoms with van der Waals surface area (Å²) in [4.78, 5) is 23.7. The van der Waals surface area contributed by atoms with E-state index in [1.165, 1.54) is 12.1 Å². The van der Waals surface area contributed by atoms with Gasteiger partial charge in [0, 0.05) is 10.0 Å². The van der Waals surface area contributed by atoms with E-state index in [2.05, 4.69) is 26.6 Å². The third kappa shape index (κ3) is 4.28. The van der Waals surface area contributed by atoms with Crippen molar-refractivity contribution in [1.82, 2.24) is 5.32 Å². The highest BCUT2D eigenvalue weighted by molar-refractivity contribution is 9.10. The van der Waals surface area contributed by atoms with Crippen molar-refractivity contribution >= 4 is 84.8 Å². The Kier molecular flexibility index (Phi) is 6.20. The van der Waals surface area contributed by atoms with E-state index in [9.17, 15) is 9.59 Å². The van der Waals surface area contributed by atoms with Gasteiger partial charge in [0.15, 0.2) is 5.11 Å². The van der Waals surface area contributed by atoms with Crippen LogP contribution in [0.3, 0.4) is 0 Å². The van der Waals surface area contributed by atoms with E-state index in [-0.39, 0.29) is 26.4 Å². The average molecular weight is 498 g/mol. The number of amides is 1. The molecule has 0 heterocycles. The largest absolute Gasteiger partial charge is 0.478 e. The van der Waals surface area contributed by atoms with Crippen molar-refractivity contribution in [2.45, 2.75) is 0 Å². The van der Waals surface area contributed by atoms with Gasteiger partial charge in [-0.05, 0) is 47.3 Å². The predicted octanol–water partition coefficient (Wildman–Crippen LogP) is 5.73. The van der Waals surface area contributed by atoms with Crippen molar-refractivity contribution in [3.8, 4) is 0 Å². The Morgan fingerprint density at radius 1 is 1.00 bits per heavy atom. The monoisotopic (exact) mass is 496 g/mol. The summed E-state index contributed by atoms with van der Waals surface area (Å²) in [7, 11) is 0. The Morgan fingerprint density at radius 3 is 2.25 bits per heavy atom. The number of carboxylic acid groups (broad SMARTS) is 1. The number of anilines is 1. The SMILES string of the molecule is O=C(O)c1cc(Cl)c(NC(=S)NC(=O)c2cccc3c(Br)cccc23)c(Cl)c1. The lowest BCUT2D eigenvalue weighted by Gasteiger charge is -2.14. The molecule has 0 unspecified atom stereocenters. The Balaban J connectivity index is 1.82. The van der Waals surface area contributed by atoms with Crippen LogP contribution in [0.2, 0.25) is 10.0 Å².